The van der Waals surface area contributed by atoms with Crippen molar-refractivity contribution < 1.29 is 28.7 Å². The van der Waals surface area contributed by atoms with Gasteiger partial charge in [-0.2, -0.15) is 0 Å². The Hall–Kier alpha value is -2.16. The van der Waals surface area contributed by atoms with E-state index in [0.29, 0.717) is 6.61 Å². The average molecular weight is 404 g/mol. The summed E-state index contributed by atoms with van der Waals surface area (Å²) in [5.41, 5.74) is -0.947. The number of hydrogen-bond donors (Lipinski definition) is 0. The van der Waals surface area contributed by atoms with Gasteiger partial charge in [0.25, 0.3) is 11.5 Å². The second-order valence-electron chi connectivity index (χ2n) is 4.70. The molecule has 0 saturated carbocycles. The first-order chi connectivity index (χ1) is 11.5. The summed E-state index contributed by atoms with van der Waals surface area (Å²) in [5.74, 6) is -2.03. The Kier molecular flexibility index (Phi) is 8.17. The van der Waals surface area contributed by atoms with Crippen LogP contribution in [0.2, 0.25) is 0 Å². The van der Waals surface area contributed by atoms with E-state index in [1.54, 1.807) is 0 Å². The lowest BCUT2D eigenvalue weighted by molar-refractivity contribution is -0.385. The number of esters is 1. The summed E-state index contributed by atoms with van der Waals surface area (Å²) in [6, 6.07) is 2.20. The van der Waals surface area contributed by atoms with Crippen molar-refractivity contribution in [3.63, 3.8) is 0 Å². The molecule has 0 amide bonds. The minimum Gasteiger partial charge on any atom is -0.493 e. The summed E-state index contributed by atoms with van der Waals surface area (Å²) >= 11 is 3.33. The number of nitrogens with zero attached hydrogens (tertiary/aromatic N) is 1. The largest absolute Gasteiger partial charge is 0.493 e. The predicted octanol–water partition coefficient (Wildman–Crippen LogP) is 2.90. The van der Waals surface area contributed by atoms with Gasteiger partial charge < -0.3 is 14.2 Å². The summed E-state index contributed by atoms with van der Waals surface area (Å²) in [5, 5.41) is 12.1. The lowest BCUT2D eigenvalue weighted by Crippen LogP contribution is -2.17. The zero-order valence-corrected chi connectivity index (χ0v) is 15.0. The van der Waals surface area contributed by atoms with Crippen LogP contribution in [-0.2, 0) is 9.53 Å². The maximum Gasteiger partial charge on any atom is 0.379 e. The molecule has 8 nitrogen and oxygen atoms in total. The molecule has 0 fully saturated rings. The van der Waals surface area contributed by atoms with E-state index < -0.39 is 27.9 Å². The minimum atomic E-state index is -1.19. The van der Waals surface area contributed by atoms with Crippen LogP contribution in [0.25, 0.3) is 0 Å². The number of hydrogen-bond acceptors (Lipinski definition) is 7. The number of halogens is 1. The lowest BCUT2D eigenvalue weighted by atomic mass is 10.1. The molecule has 0 heterocycles. The standard InChI is InChI=1S/C15H18BrNO7/c1-22-12-8-10(14(18)15(19)23-2)11(17(20)21)9-13(12)24-7-5-3-4-6-16/h8-9H,3-7H2,1-2H3. The number of nitro groups is 1. The fraction of sp³-hybridized carbons (Fsp3) is 0.467. The molecule has 0 aliphatic carbocycles. The van der Waals surface area contributed by atoms with Gasteiger partial charge in [0.2, 0.25) is 0 Å². The zero-order chi connectivity index (χ0) is 18.1. The third-order valence-electron chi connectivity index (χ3n) is 3.13. The van der Waals surface area contributed by atoms with Crippen molar-refractivity contribution in [1.29, 1.82) is 0 Å². The summed E-state index contributed by atoms with van der Waals surface area (Å²) < 4.78 is 14.9. The monoisotopic (exact) mass is 403 g/mol. The molecule has 0 bridgehead atoms. The van der Waals surface area contributed by atoms with E-state index in [9.17, 15) is 19.7 Å². The first kappa shape index (κ1) is 19.9. The highest BCUT2D eigenvalue weighted by molar-refractivity contribution is 9.09. The molecule has 0 aliphatic heterocycles. The Morgan fingerprint density at radius 3 is 2.42 bits per heavy atom. The van der Waals surface area contributed by atoms with Crippen molar-refractivity contribution >= 4 is 33.4 Å². The number of ketones is 1. The Morgan fingerprint density at radius 1 is 1.17 bits per heavy atom. The summed E-state index contributed by atoms with van der Waals surface area (Å²) in [6.07, 6.45) is 2.70. The number of alkyl halides is 1. The number of nitro benzene ring substituents is 1. The van der Waals surface area contributed by atoms with Crippen LogP contribution in [0.4, 0.5) is 5.69 Å². The molecular weight excluding hydrogens is 386 g/mol. The fourth-order valence-corrected chi connectivity index (χ4v) is 2.31. The van der Waals surface area contributed by atoms with E-state index in [-0.39, 0.29) is 11.5 Å². The van der Waals surface area contributed by atoms with Gasteiger partial charge in [0.1, 0.15) is 5.56 Å². The molecule has 9 heteroatoms. The van der Waals surface area contributed by atoms with Gasteiger partial charge >= 0.3 is 5.97 Å². The Balaban J connectivity index is 3.10. The van der Waals surface area contributed by atoms with Crippen LogP contribution in [0.1, 0.15) is 29.6 Å². The number of carbonyl (C=O) groups is 2. The third kappa shape index (κ3) is 5.19. The first-order valence-corrected chi connectivity index (χ1v) is 8.26. The van der Waals surface area contributed by atoms with Gasteiger partial charge in [0, 0.05) is 11.4 Å². The molecule has 0 atom stereocenters. The molecule has 0 radical (unpaired) electrons. The quantitative estimate of drug-likeness (QED) is 0.112. The van der Waals surface area contributed by atoms with Gasteiger partial charge in [-0.15, -0.1) is 0 Å². The van der Waals surface area contributed by atoms with Gasteiger partial charge in [-0.3, -0.25) is 14.9 Å². The van der Waals surface area contributed by atoms with Crippen molar-refractivity contribution in [2.75, 3.05) is 26.2 Å². The minimum absolute atomic E-state index is 0.133. The number of Topliss-reactive ketones (excluding diaryl/α,β-unsaturated/α-hetero) is 1. The number of carbonyl (C=O) groups excluding carboxylic acids is 2. The summed E-state index contributed by atoms with van der Waals surface area (Å²) in [7, 11) is 2.36. The molecule has 132 valence electrons. The number of methoxy groups -OCH3 is 2. The normalized spacial score (nSPS) is 10.1. The molecule has 0 N–H and O–H groups in total. The highest BCUT2D eigenvalue weighted by atomic mass is 79.9. The topological polar surface area (TPSA) is 105 Å². The molecule has 1 rings (SSSR count). The van der Waals surface area contributed by atoms with E-state index in [2.05, 4.69) is 20.7 Å². The Morgan fingerprint density at radius 2 is 1.88 bits per heavy atom. The van der Waals surface area contributed by atoms with Crippen LogP contribution in [0.3, 0.4) is 0 Å². The molecule has 1 aromatic carbocycles. The zero-order valence-electron chi connectivity index (χ0n) is 13.4. The van der Waals surface area contributed by atoms with Gasteiger partial charge in [-0.05, 0) is 19.3 Å². The summed E-state index contributed by atoms with van der Waals surface area (Å²) in [4.78, 5) is 33.8. The molecule has 0 aliphatic rings. The van der Waals surface area contributed by atoms with Crippen LogP contribution in [-0.4, -0.2) is 42.8 Å². The molecular formula is C15H18BrNO7. The van der Waals surface area contributed by atoms with E-state index in [1.807, 2.05) is 0 Å². The van der Waals surface area contributed by atoms with Gasteiger partial charge in [-0.1, -0.05) is 15.9 Å². The molecule has 0 spiro atoms. The number of rotatable bonds is 10. The average Bonchev–Trinajstić information content (AvgIpc) is 2.59. The van der Waals surface area contributed by atoms with Crippen LogP contribution < -0.4 is 9.47 Å². The van der Waals surface area contributed by atoms with Crippen LogP contribution in [0.15, 0.2) is 12.1 Å². The van der Waals surface area contributed by atoms with E-state index in [1.165, 1.54) is 7.11 Å². The highest BCUT2D eigenvalue weighted by Gasteiger charge is 2.29. The molecule has 0 aromatic heterocycles. The number of unbranched alkanes of at least 4 members (excludes halogenated alkanes) is 2. The van der Waals surface area contributed by atoms with Crippen molar-refractivity contribution in [2.24, 2.45) is 0 Å². The fourth-order valence-electron chi connectivity index (χ4n) is 1.91. The first-order valence-electron chi connectivity index (χ1n) is 7.14. The SMILES string of the molecule is COC(=O)C(=O)c1cc(OC)c(OCCCCCBr)cc1[N+](=O)[O-]. The Labute approximate surface area is 147 Å². The summed E-state index contributed by atoms with van der Waals surface area (Å²) in [6.45, 7) is 0.352. The maximum absolute atomic E-state index is 11.9. The van der Waals surface area contributed by atoms with Gasteiger partial charge in [-0.25, -0.2) is 4.79 Å². The third-order valence-corrected chi connectivity index (χ3v) is 3.69. The van der Waals surface area contributed by atoms with Crippen molar-refractivity contribution in [3.8, 4) is 11.5 Å². The van der Waals surface area contributed by atoms with Crippen LogP contribution >= 0.6 is 15.9 Å². The second-order valence-corrected chi connectivity index (χ2v) is 5.49. The van der Waals surface area contributed by atoms with E-state index in [4.69, 9.17) is 9.47 Å². The molecule has 24 heavy (non-hydrogen) atoms. The van der Waals surface area contributed by atoms with E-state index in [0.717, 1.165) is 43.8 Å². The Bertz CT molecular complexity index is 618. The molecule has 0 saturated heterocycles. The smallest absolute Gasteiger partial charge is 0.379 e. The highest BCUT2D eigenvalue weighted by Crippen LogP contribution is 2.35. The number of ether oxygens (including phenoxy) is 3. The van der Waals surface area contributed by atoms with Crippen molar-refractivity contribution in [3.05, 3.63) is 27.8 Å². The lowest BCUT2D eigenvalue weighted by Gasteiger charge is -2.12. The maximum atomic E-state index is 11.9. The van der Waals surface area contributed by atoms with E-state index >= 15 is 0 Å². The number of benzene rings is 1. The van der Waals surface area contributed by atoms with Crippen LogP contribution in [0, 0.1) is 10.1 Å². The van der Waals surface area contributed by atoms with Gasteiger partial charge in [0.05, 0.1) is 31.8 Å². The van der Waals surface area contributed by atoms with Crippen LogP contribution in [0.5, 0.6) is 11.5 Å². The van der Waals surface area contributed by atoms with Gasteiger partial charge in [0.15, 0.2) is 11.5 Å². The predicted molar refractivity (Wildman–Crippen MR) is 89.1 cm³/mol. The molecule has 0 unspecified atom stereocenters. The molecule has 1 aromatic rings. The van der Waals surface area contributed by atoms with Crippen molar-refractivity contribution in [2.45, 2.75) is 19.3 Å². The van der Waals surface area contributed by atoms with Crippen molar-refractivity contribution in [1.82, 2.24) is 0 Å². The second kappa shape index (κ2) is 9.86.